The molecule has 0 aromatic heterocycles. The molecule has 5 heteroatoms. The van der Waals surface area contributed by atoms with E-state index in [2.05, 4.69) is 28.5 Å². The predicted octanol–water partition coefficient (Wildman–Crippen LogP) is 2.65. The van der Waals surface area contributed by atoms with Gasteiger partial charge in [-0.05, 0) is 45.4 Å². The third-order valence-corrected chi connectivity index (χ3v) is 6.10. The highest BCUT2D eigenvalue weighted by atomic mass is 32.2. The summed E-state index contributed by atoms with van der Waals surface area (Å²) < 4.78 is 29.0. The lowest BCUT2D eigenvalue weighted by atomic mass is 9.76. The summed E-state index contributed by atoms with van der Waals surface area (Å²) in [5.74, 6) is 0.696. The standard InChI is InChI=1S/C17H22N2O2S/c1-12-4-7-15(8-5-12)22(20,21)18-13(2)16-10-14-6-9-17(16)19(3)11-14/h4-9,14,16-17H,10-11H2,1-3H3/b18-13+. The first-order valence-corrected chi connectivity index (χ1v) is 9.07. The topological polar surface area (TPSA) is 49.7 Å². The van der Waals surface area contributed by atoms with E-state index in [9.17, 15) is 8.42 Å². The van der Waals surface area contributed by atoms with Gasteiger partial charge in [-0.3, -0.25) is 4.90 Å². The van der Waals surface area contributed by atoms with Gasteiger partial charge >= 0.3 is 0 Å². The molecule has 3 aliphatic rings. The molecule has 2 aliphatic heterocycles. The van der Waals surface area contributed by atoms with Crippen LogP contribution >= 0.6 is 0 Å². The zero-order chi connectivity index (χ0) is 15.9. The summed E-state index contributed by atoms with van der Waals surface area (Å²) in [4.78, 5) is 2.55. The Bertz CT molecular complexity index is 720. The van der Waals surface area contributed by atoms with Crippen LogP contribution < -0.4 is 0 Å². The maximum Gasteiger partial charge on any atom is 0.282 e. The molecule has 0 spiro atoms. The zero-order valence-electron chi connectivity index (χ0n) is 13.2. The first kappa shape index (κ1) is 15.4. The van der Waals surface area contributed by atoms with Gasteiger partial charge in [-0.25, -0.2) is 0 Å². The number of rotatable bonds is 3. The van der Waals surface area contributed by atoms with Gasteiger partial charge < -0.3 is 0 Å². The third-order valence-electron chi connectivity index (χ3n) is 4.70. The van der Waals surface area contributed by atoms with Gasteiger partial charge in [0.15, 0.2) is 0 Å². The summed E-state index contributed by atoms with van der Waals surface area (Å²) in [7, 11) is -1.52. The minimum atomic E-state index is -3.61. The summed E-state index contributed by atoms with van der Waals surface area (Å²) >= 11 is 0. The number of nitrogens with zero attached hydrogens (tertiary/aromatic N) is 2. The van der Waals surface area contributed by atoms with Crippen LogP contribution in [0.25, 0.3) is 0 Å². The first-order chi connectivity index (χ1) is 10.4. The summed E-state index contributed by atoms with van der Waals surface area (Å²) in [5.41, 5.74) is 1.75. The number of benzene rings is 1. The Morgan fingerprint density at radius 1 is 1.23 bits per heavy atom. The summed E-state index contributed by atoms with van der Waals surface area (Å²) in [6, 6.07) is 7.12. The third kappa shape index (κ3) is 2.88. The maximum atomic E-state index is 12.5. The van der Waals surface area contributed by atoms with Crippen molar-refractivity contribution in [1.29, 1.82) is 0 Å². The Kier molecular flexibility index (Phi) is 3.95. The second kappa shape index (κ2) is 5.63. The van der Waals surface area contributed by atoms with Crippen LogP contribution in [0, 0.1) is 18.8 Å². The molecule has 4 rings (SSSR count). The zero-order valence-corrected chi connectivity index (χ0v) is 14.0. The number of hydrogen-bond donors (Lipinski definition) is 0. The Morgan fingerprint density at radius 3 is 2.50 bits per heavy atom. The van der Waals surface area contributed by atoms with Crippen LogP contribution in [0.2, 0.25) is 0 Å². The Balaban J connectivity index is 1.88. The van der Waals surface area contributed by atoms with Gasteiger partial charge in [-0.15, -0.1) is 0 Å². The highest BCUT2D eigenvalue weighted by Gasteiger charge is 2.37. The summed E-state index contributed by atoms with van der Waals surface area (Å²) in [5, 5.41) is 0. The quantitative estimate of drug-likeness (QED) is 0.636. The maximum absolute atomic E-state index is 12.5. The van der Waals surface area contributed by atoms with Crippen LogP contribution in [-0.4, -0.2) is 38.7 Å². The van der Waals surface area contributed by atoms with Crippen molar-refractivity contribution < 1.29 is 8.42 Å². The van der Waals surface area contributed by atoms with Crippen molar-refractivity contribution in [2.75, 3.05) is 13.6 Å². The molecular weight excluding hydrogens is 296 g/mol. The summed E-state index contributed by atoms with van der Waals surface area (Å²) in [6.07, 6.45) is 5.44. The monoisotopic (exact) mass is 318 g/mol. The van der Waals surface area contributed by atoms with E-state index in [1.165, 1.54) is 0 Å². The fraction of sp³-hybridized carbons (Fsp3) is 0.471. The van der Waals surface area contributed by atoms with Gasteiger partial charge in [0.05, 0.1) is 4.90 Å². The number of aryl methyl sites for hydroxylation is 1. The van der Waals surface area contributed by atoms with Crippen molar-refractivity contribution in [3.05, 3.63) is 42.0 Å². The second-order valence-corrected chi connectivity index (χ2v) is 8.04. The van der Waals surface area contributed by atoms with Gasteiger partial charge in [0.1, 0.15) is 0 Å². The van der Waals surface area contributed by atoms with E-state index in [0.717, 1.165) is 18.5 Å². The largest absolute Gasteiger partial charge is 0.299 e. The van der Waals surface area contributed by atoms with Gasteiger partial charge in [0.2, 0.25) is 0 Å². The van der Waals surface area contributed by atoms with Crippen LogP contribution in [0.15, 0.2) is 45.7 Å². The minimum absolute atomic E-state index is 0.189. The molecule has 2 bridgehead atoms. The average Bonchev–Trinajstić information content (AvgIpc) is 2.47. The molecule has 0 saturated carbocycles. The predicted molar refractivity (Wildman–Crippen MR) is 88.6 cm³/mol. The number of piperidine rings is 1. The lowest BCUT2D eigenvalue weighted by Gasteiger charge is -2.44. The molecule has 0 N–H and O–H groups in total. The lowest BCUT2D eigenvalue weighted by molar-refractivity contribution is 0.142. The van der Waals surface area contributed by atoms with E-state index >= 15 is 0 Å². The van der Waals surface area contributed by atoms with E-state index in [1.54, 1.807) is 24.3 Å². The number of fused-ring (bicyclic) bond motifs is 2. The molecule has 1 saturated heterocycles. The van der Waals surface area contributed by atoms with Crippen molar-refractivity contribution in [2.24, 2.45) is 16.2 Å². The van der Waals surface area contributed by atoms with E-state index < -0.39 is 10.0 Å². The molecular formula is C17H22N2O2S. The minimum Gasteiger partial charge on any atom is -0.299 e. The van der Waals surface area contributed by atoms with E-state index in [0.29, 0.717) is 11.6 Å². The van der Waals surface area contributed by atoms with Crippen molar-refractivity contribution in [3.8, 4) is 0 Å². The molecule has 1 aromatic rings. The molecule has 0 radical (unpaired) electrons. The molecule has 3 atom stereocenters. The Morgan fingerprint density at radius 2 is 1.91 bits per heavy atom. The Hall–Kier alpha value is -1.46. The van der Waals surface area contributed by atoms with Crippen LogP contribution in [0.5, 0.6) is 0 Å². The van der Waals surface area contributed by atoms with Crippen molar-refractivity contribution >= 4 is 15.7 Å². The van der Waals surface area contributed by atoms with Crippen molar-refractivity contribution in [1.82, 2.24) is 4.90 Å². The fourth-order valence-electron chi connectivity index (χ4n) is 3.47. The molecule has 1 fully saturated rings. The van der Waals surface area contributed by atoms with Crippen LogP contribution in [-0.2, 0) is 10.0 Å². The normalized spacial score (nSPS) is 29.0. The number of likely N-dealkylation sites (N-methyl/N-ethyl adjacent to an activating group) is 1. The second-order valence-electron chi connectivity index (χ2n) is 6.44. The number of hydrogen-bond acceptors (Lipinski definition) is 3. The molecule has 22 heavy (non-hydrogen) atoms. The van der Waals surface area contributed by atoms with Crippen LogP contribution in [0.1, 0.15) is 18.9 Å². The molecule has 2 heterocycles. The molecule has 1 aliphatic carbocycles. The van der Waals surface area contributed by atoms with Gasteiger partial charge in [-0.2, -0.15) is 12.8 Å². The van der Waals surface area contributed by atoms with E-state index in [-0.39, 0.29) is 16.9 Å². The van der Waals surface area contributed by atoms with Crippen molar-refractivity contribution in [2.45, 2.75) is 31.2 Å². The van der Waals surface area contributed by atoms with E-state index in [1.807, 2.05) is 13.8 Å². The molecule has 3 unspecified atom stereocenters. The van der Waals surface area contributed by atoms with Crippen molar-refractivity contribution in [3.63, 3.8) is 0 Å². The van der Waals surface area contributed by atoms with Crippen LogP contribution in [0.4, 0.5) is 0 Å². The smallest absolute Gasteiger partial charge is 0.282 e. The van der Waals surface area contributed by atoms with E-state index in [4.69, 9.17) is 0 Å². The molecule has 1 aromatic carbocycles. The molecule has 4 nitrogen and oxygen atoms in total. The summed E-state index contributed by atoms with van der Waals surface area (Å²) in [6.45, 7) is 4.83. The molecule has 118 valence electrons. The Labute approximate surface area is 132 Å². The first-order valence-electron chi connectivity index (χ1n) is 7.63. The van der Waals surface area contributed by atoms with Crippen LogP contribution in [0.3, 0.4) is 0 Å². The lowest BCUT2D eigenvalue weighted by Crippen LogP contribution is -2.50. The molecule has 0 amide bonds. The SMILES string of the molecule is C/C(=N\S(=O)(=O)c1ccc(C)cc1)C1CC2C=CC1N(C)C2. The van der Waals surface area contributed by atoms with Gasteiger partial charge in [0.25, 0.3) is 10.0 Å². The highest BCUT2D eigenvalue weighted by molar-refractivity contribution is 7.90. The number of sulfonamides is 1. The van der Waals surface area contributed by atoms with Gasteiger partial charge in [0, 0.05) is 24.2 Å². The van der Waals surface area contributed by atoms with Gasteiger partial charge in [-0.1, -0.05) is 29.8 Å². The fourth-order valence-corrected chi connectivity index (χ4v) is 4.57. The average molecular weight is 318 g/mol. The highest BCUT2D eigenvalue weighted by Crippen LogP contribution is 2.34.